The first-order valence-corrected chi connectivity index (χ1v) is 5.95. The average molecular weight is 259 g/mol. The molecule has 0 saturated heterocycles. The van der Waals surface area contributed by atoms with E-state index in [-0.39, 0.29) is 6.42 Å². The first kappa shape index (κ1) is 16.4. The van der Waals surface area contributed by atoms with Crippen molar-refractivity contribution in [2.45, 2.75) is 46.5 Å². The summed E-state index contributed by atoms with van der Waals surface area (Å²) in [5.74, 6) is -1.40. The minimum Gasteiger partial charge on any atom is -0.481 e. The van der Waals surface area contributed by atoms with E-state index in [2.05, 4.69) is 10.1 Å². The Bertz CT molecular complexity index is 306. The van der Waals surface area contributed by atoms with E-state index in [0.29, 0.717) is 25.8 Å². The van der Waals surface area contributed by atoms with Crippen molar-refractivity contribution >= 4 is 18.0 Å². The maximum atomic E-state index is 11.3. The molecule has 0 aliphatic heterocycles. The minimum atomic E-state index is -0.821. The molecule has 0 atom stereocenters. The van der Waals surface area contributed by atoms with Gasteiger partial charge in [0, 0.05) is 13.0 Å². The van der Waals surface area contributed by atoms with Crippen LogP contribution in [0, 0.1) is 5.41 Å². The lowest BCUT2D eigenvalue weighted by molar-refractivity contribution is -0.146. The molecule has 18 heavy (non-hydrogen) atoms. The Morgan fingerprint density at radius 3 is 2.22 bits per heavy atom. The average Bonchev–Trinajstić information content (AvgIpc) is 2.21. The first-order chi connectivity index (χ1) is 8.23. The van der Waals surface area contributed by atoms with Gasteiger partial charge in [0.1, 0.15) is 0 Å². The van der Waals surface area contributed by atoms with Gasteiger partial charge in [-0.1, -0.05) is 6.42 Å². The number of carboxylic acid groups (broad SMARTS) is 1. The van der Waals surface area contributed by atoms with Gasteiger partial charge in [0.15, 0.2) is 0 Å². The fourth-order valence-corrected chi connectivity index (χ4v) is 1.04. The number of alkyl carbamates (subject to hydrolysis) is 1. The summed E-state index contributed by atoms with van der Waals surface area (Å²) in [6.07, 6.45) is 1.32. The smallest absolute Gasteiger partial charge is 0.414 e. The highest BCUT2D eigenvalue weighted by molar-refractivity contribution is 5.87. The molecule has 6 nitrogen and oxygen atoms in total. The maximum absolute atomic E-state index is 11.3. The lowest BCUT2D eigenvalue weighted by Gasteiger charge is -2.15. The number of aliphatic carboxylic acids is 1. The summed E-state index contributed by atoms with van der Waals surface area (Å²) < 4.78 is 4.58. The molecule has 0 aromatic heterocycles. The van der Waals surface area contributed by atoms with Crippen LogP contribution in [-0.2, 0) is 14.3 Å². The van der Waals surface area contributed by atoms with Gasteiger partial charge in [-0.3, -0.25) is 9.59 Å². The zero-order chi connectivity index (χ0) is 14.2. The van der Waals surface area contributed by atoms with Gasteiger partial charge in [-0.2, -0.15) is 0 Å². The van der Waals surface area contributed by atoms with E-state index in [0.717, 1.165) is 0 Å². The van der Waals surface area contributed by atoms with E-state index in [4.69, 9.17) is 5.11 Å². The number of hydrogen-bond acceptors (Lipinski definition) is 4. The predicted octanol–water partition coefficient (Wildman–Crippen LogP) is 1.93. The molecule has 2 N–H and O–H groups in total. The Kier molecular flexibility index (Phi) is 7.00. The molecule has 0 unspecified atom stereocenters. The van der Waals surface area contributed by atoms with Gasteiger partial charge < -0.3 is 15.2 Å². The molecule has 0 fully saturated rings. The Morgan fingerprint density at radius 1 is 1.11 bits per heavy atom. The lowest BCUT2D eigenvalue weighted by atomic mass is 9.98. The van der Waals surface area contributed by atoms with Gasteiger partial charge >= 0.3 is 18.0 Å². The predicted molar refractivity (Wildman–Crippen MR) is 65.0 cm³/mol. The summed E-state index contributed by atoms with van der Waals surface area (Å²) in [4.78, 5) is 32.8. The molecular formula is C12H21NO5. The van der Waals surface area contributed by atoms with Crippen LogP contribution in [0.3, 0.4) is 0 Å². The van der Waals surface area contributed by atoms with E-state index < -0.39 is 23.4 Å². The van der Waals surface area contributed by atoms with Crippen LogP contribution in [0.1, 0.15) is 46.5 Å². The summed E-state index contributed by atoms with van der Waals surface area (Å²) in [6.45, 7) is 5.35. The zero-order valence-corrected chi connectivity index (χ0v) is 11.1. The van der Waals surface area contributed by atoms with Crippen molar-refractivity contribution in [1.82, 2.24) is 5.32 Å². The van der Waals surface area contributed by atoms with Gasteiger partial charge in [0.2, 0.25) is 0 Å². The number of rotatable bonds is 6. The molecule has 0 aromatic rings. The Hall–Kier alpha value is -1.59. The van der Waals surface area contributed by atoms with Crippen LogP contribution in [0.15, 0.2) is 0 Å². The highest BCUT2D eigenvalue weighted by Gasteiger charge is 2.25. The van der Waals surface area contributed by atoms with Crippen LogP contribution in [0.5, 0.6) is 0 Å². The van der Waals surface area contributed by atoms with Gasteiger partial charge in [-0.25, -0.2) is 4.79 Å². The fraction of sp³-hybridized carbons (Fsp3) is 0.750. The zero-order valence-electron chi connectivity index (χ0n) is 11.1. The number of nitrogens with one attached hydrogen (secondary N) is 1. The monoisotopic (exact) mass is 259 g/mol. The fourth-order valence-electron chi connectivity index (χ4n) is 1.04. The molecule has 0 saturated carbocycles. The van der Waals surface area contributed by atoms with Gasteiger partial charge in [0.05, 0.1) is 5.41 Å². The van der Waals surface area contributed by atoms with Crippen molar-refractivity contribution in [2.24, 2.45) is 5.41 Å². The molecule has 104 valence electrons. The topological polar surface area (TPSA) is 92.7 Å². The second-order valence-electron chi connectivity index (χ2n) is 5.06. The van der Waals surface area contributed by atoms with Crippen LogP contribution in [0.25, 0.3) is 0 Å². The van der Waals surface area contributed by atoms with Crippen molar-refractivity contribution in [3.8, 4) is 0 Å². The molecular weight excluding hydrogens is 238 g/mol. The highest BCUT2D eigenvalue weighted by Crippen LogP contribution is 2.14. The summed E-state index contributed by atoms with van der Waals surface area (Å²) in [5.41, 5.74) is -0.709. The summed E-state index contributed by atoms with van der Waals surface area (Å²) in [6, 6.07) is 0. The molecule has 0 heterocycles. The molecule has 1 amide bonds. The second-order valence-corrected chi connectivity index (χ2v) is 5.06. The normalized spacial score (nSPS) is 10.8. The van der Waals surface area contributed by atoms with E-state index in [1.54, 1.807) is 20.8 Å². The van der Waals surface area contributed by atoms with Gasteiger partial charge in [0.25, 0.3) is 0 Å². The van der Waals surface area contributed by atoms with Crippen molar-refractivity contribution in [2.75, 3.05) is 6.54 Å². The summed E-state index contributed by atoms with van der Waals surface area (Å²) in [5, 5.41) is 10.9. The number of hydrogen-bond donors (Lipinski definition) is 2. The van der Waals surface area contributed by atoms with Crippen molar-refractivity contribution in [3.05, 3.63) is 0 Å². The van der Waals surface area contributed by atoms with Gasteiger partial charge in [-0.15, -0.1) is 0 Å². The molecule has 0 aliphatic carbocycles. The SMILES string of the molecule is CC(C)(C)C(=O)OC(=O)NCCCCCC(=O)O. The molecule has 0 rings (SSSR count). The van der Waals surface area contributed by atoms with Crippen molar-refractivity contribution in [1.29, 1.82) is 0 Å². The Balaban J connectivity index is 3.60. The van der Waals surface area contributed by atoms with Crippen LogP contribution < -0.4 is 5.32 Å². The number of unbranched alkanes of at least 4 members (excludes halogenated alkanes) is 2. The molecule has 6 heteroatoms. The lowest BCUT2D eigenvalue weighted by Crippen LogP contribution is -2.32. The maximum Gasteiger partial charge on any atom is 0.414 e. The Morgan fingerprint density at radius 2 is 1.72 bits per heavy atom. The number of amides is 1. The Labute approximate surface area is 107 Å². The van der Waals surface area contributed by atoms with Gasteiger partial charge in [-0.05, 0) is 33.6 Å². The van der Waals surface area contributed by atoms with Crippen molar-refractivity contribution < 1.29 is 24.2 Å². The van der Waals surface area contributed by atoms with Crippen LogP contribution in [0.2, 0.25) is 0 Å². The second kappa shape index (κ2) is 7.68. The quantitative estimate of drug-likeness (QED) is 0.432. The third kappa shape index (κ3) is 8.55. The number of carbonyl (C=O) groups is 3. The third-order valence-corrected chi connectivity index (χ3v) is 2.13. The molecule has 0 aromatic carbocycles. The van der Waals surface area contributed by atoms with E-state index >= 15 is 0 Å². The standard InChI is InChI=1S/C12H21NO5/c1-12(2,3)10(16)18-11(17)13-8-6-4-5-7-9(14)15/h4-8H2,1-3H3,(H,13,17)(H,14,15). The van der Waals surface area contributed by atoms with E-state index in [1.165, 1.54) is 0 Å². The highest BCUT2D eigenvalue weighted by atomic mass is 16.6. The van der Waals surface area contributed by atoms with Crippen LogP contribution in [0.4, 0.5) is 4.79 Å². The van der Waals surface area contributed by atoms with Crippen LogP contribution in [-0.4, -0.2) is 29.7 Å². The number of carboxylic acids is 1. The minimum absolute atomic E-state index is 0.132. The van der Waals surface area contributed by atoms with Crippen LogP contribution >= 0.6 is 0 Å². The summed E-state index contributed by atoms with van der Waals surface area (Å²) >= 11 is 0. The van der Waals surface area contributed by atoms with Crippen molar-refractivity contribution in [3.63, 3.8) is 0 Å². The largest absolute Gasteiger partial charge is 0.481 e. The van der Waals surface area contributed by atoms with E-state index in [1.807, 2.05) is 0 Å². The number of esters is 1. The third-order valence-electron chi connectivity index (χ3n) is 2.13. The molecule has 0 aliphatic rings. The summed E-state index contributed by atoms with van der Waals surface area (Å²) in [7, 11) is 0. The molecule has 0 spiro atoms. The molecule has 0 bridgehead atoms. The number of ether oxygens (including phenoxy) is 1. The van der Waals surface area contributed by atoms with E-state index in [9.17, 15) is 14.4 Å². The first-order valence-electron chi connectivity index (χ1n) is 5.95. The number of carbonyl (C=O) groups excluding carboxylic acids is 2. The molecule has 0 radical (unpaired) electrons.